The molecule has 1 aliphatic heterocycles. The van der Waals surface area contributed by atoms with Crippen molar-refractivity contribution in [2.75, 3.05) is 17.8 Å². The van der Waals surface area contributed by atoms with E-state index in [1.807, 2.05) is 6.07 Å². The van der Waals surface area contributed by atoms with Gasteiger partial charge >= 0.3 is 15.2 Å². The number of aliphatic hydroxyl groups is 2. The molecule has 6 N–H and O–H groups in total. The number of aliphatic hydroxyl groups excluding tert-OH is 2. The van der Waals surface area contributed by atoms with Gasteiger partial charge in [-0.1, -0.05) is 23.7 Å². The molecule has 39 heavy (non-hydrogen) atoms. The van der Waals surface area contributed by atoms with Crippen molar-refractivity contribution in [3.05, 3.63) is 52.6 Å². The van der Waals surface area contributed by atoms with Crippen LogP contribution in [-0.2, 0) is 18.4 Å². The van der Waals surface area contributed by atoms with Crippen LogP contribution in [0.15, 0.2) is 30.5 Å². The molecule has 2 aromatic heterocycles. The first-order valence-electron chi connectivity index (χ1n) is 11.2. The second-order valence-electron chi connectivity index (χ2n) is 8.79. The van der Waals surface area contributed by atoms with Gasteiger partial charge in [-0.15, -0.1) is 0 Å². The third kappa shape index (κ3) is 6.48. The summed E-state index contributed by atoms with van der Waals surface area (Å²) in [6.45, 7) is 0.993. The summed E-state index contributed by atoms with van der Waals surface area (Å²) in [5.41, 5.74) is 1.01. The lowest BCUT2D eigenvalue weighted by Crippen LogP contribution is -2.33. The van der Waals surface area contributed by atoms with Crippen LogP contribution in [0.2, 0.25) is 5.15 Å². The number of halogens is 2. The van der Waals surface area contributed by atoms with Crippen molar-refractivity contribution in [2.24, 2.45) is 0 Å². The van der Waals surface area contributed by atoms with Gasteiger partial charge in [0, 0.05) is 6.04 Å². The van der Waals surface area contributed by atoms with Crippen LogP contribution in [0.25, 0.3) is 11.0 Å². The maximum Gasteiger partial charge on any atom is 0.340 e. The van der Waals surface area contributed by atoms with Crippen molar-refractivity contribution in [3.8, 4) is 6.07 Å². The molecule has 0 amide bonds. The molecular formula is C21H23ClFN5O9P2. The molecule has 1 aliphatic rings. The molecule has 1 unspecified atom stereocenters. The summed E-state index contributed by atoms with van der Waals surface area (Å²) < 4.78 is 47.8. The van der Waals surface area contributed by atoms with Crippen LogP contribution in [-0.4, -0.2) is 70.5 Å². The first-order chi connectivity index (χ1) is 18.2. The predicted octanol–water partition coefficient (Wildman–Crippen LogP) is 2.22. The van der Waals surface area contributed by atoms with Crippen LogP contribution in [0, 0.1) is 17.1 Å². The lowest BCUT2D eigenvalue weighted by molar-refractivity contribution is -0.0541. The Morgan fingerprint density at radius 3 is 2.54 bits per heavy atom. The van der Waals surface area contributed by atoms with E-state index in [1.165, 1.54) is 18.3 Å². The zero-order valence-electron chi connectivity index (χ0n) is 20.0. The summed E-state index contributed by atoms with van der Waals surface area (Å²) in [6.07, 6.45) is -4.72. The molecule has 1 aromatic carbocycles. The molecule has 0 saturated carbocycles. The zero-order valence-corrected chi connectivity index (χ0v) is 22.5. The number of pyridine rings is 1. The van der Waals surface area contributed by atoms with Crippen LogP contribution in [0.1, 0.15) is 30.3 Å². The highest BCUT2D eigenvalue weighted by Gasteiger charge is 2.46. The summed E-state index contributed by atoms with van der Waals surface area (Å²) in [4.78, 5) is 31.7. The molecule has 1 fully saturated rings. The number of aromatic nitrogens is 3. The van der Waals surface area contributed by atoms with Gasteiger partial charge in [-0.3, -0.25) is 9.13 Å². The number of ether oxygens (including phenoxy) is 1. The highest BCUT2D eigenvalue weighted by molar-refractivity contribution is 7.70. The van der Waals surface area contributed by atoms with Crippen molar-refractivity contribution in [1.82, 2.24) is 14.8 Å². The summed E-state index contributed by atoms with van der Waals surface area (Å²) in [7, 11) is -9.62. The highest BCUT2D eigenvalue weighted by atomic mass is 35.5. The van der Waals surface area contributed by atoms with Gasteiger partial charge in [-0.25, -0.2) is 14.1 Å². The summed E-state index contributed by atoms with van der Waals surface area (Å²) in [5, 5.41) is 38.2. The minimum absolute atomic E-state index is 0.000586. The van der Waals surface area contributed by atoms with Gasteiger partial charge in [-0.05, 0) is 24.6 Å². The van der Waals surface area contributed by atoms with Crippen molar-refractivity contribution in [3.63, 3.8) is 0 Å². The molecule has 0 bridgehead atoms. The fourth-order valence-corrected chi connectivity index (χ4v) is 6.84. The summed E-state index contributed by atoms with van der Waals surface area (Å²) in [6, 6.07) is 7.28. The van der Waals surface area contributed by atoms with Gasteiger partial charge in [0.05, 0.1) is 23.9 Å². The van der Waals surface area contributed by atoms with Crippen LogP contribution in [0.5, 0.6) is 0 Å². The summed E-state index contributed by atoms with van der Waals surface area (Å²) >= 11 is 6.28. The number of rotatable bonds is 9. The Hall–Kier alpha value is -2.47. The smallest absolute Gasteiger partial charge is 0.340 e. The number of hydrogen-bond donors (Lipinski definition) is 6. The largest absolute Gasteiger partial charge is 0.387 e. The molecule has 210 valence electrons. The van der Waals surface area contributed by atoms with Gasteiger partial charge in [0.1, 0.15) is 35.8 Å². The number of nitrogens with one attached hydrogen (secondary N) is 1. The zero-order chi connectivity index (χ0) is 28.7. The van der Waals surface area contributed by atoms with E-state index in [1.54, 1.807) is 19.1 Å². The standard InChI is InChI=1S/C21H23ClFN5O9P2/c1-10(11-2-4-12(23)5-3-11)26-16-13(6-24)19(22)27-20-14(16)7-25-28(20)21-18(30)17(29)15(37-21)8-36-39(34,35)9-38(31,32)33/h2-5,7,10,15,17-18,21,29-30H,8-9H2,1H3,(H,26,27)(H,34,35)(H2,31,32,33)/t10-,15-,17-,18-,21-/m1/s1. The molecular weight excluding hydrogens is 583 g/mol. The van der Waals surface area contributed by atoms with Crippen LogP contribution in [0.4, 0.5) is 10.1 Å². The highest BCUT2D eigenvalue weighted by Crippen LogP contribution is 2.55. The Morgan fingerprint density at radius 1 is 1.26 bits per heavy atom. The van der Waals surface area contributed by atoms with Gasteiger partial charge in [0.15, 0.2) is 22.9 Å². The number of anilines is 1. The molecule has 0 spiro atoms. The molecule has 6 atom stereocenters. The van der Waals surface area contributed by atoms with E-state index in [2.05, 4.69) is 15.4 Å². The Balaban J connectivity index is 1.62. The Morgan fingerprint density at radius 2 is 1.92 bits per heavy atom. The van der Waals surface area contributed by atoms with E-state index in [0.29, 0.717) is 10.9 Å². The van der Waals surface area contributed by atoms with Crippen molar-refractivity contribution in [2.45, 2.75) is 37.5 Å². The molecule has 4 rings (SSSR count). The van der Waals surface area contributed by atoms with Crippen LogP contribution < -0.4 is 5.32 Å². The van der Waals surface area contributed by atoms with E-state index < -0.39 is 64.1 Å². The van der Waals surface area contributed by atoms with Gasteiger partial charge in [0.25, 0.3) is 0 Å². The number of benzene rings is 1. The Labute approximate surface area is 225 Å². The lowest BCUT2D eigenvalue weighted by atomic mass is 10.1. The van der Waals surface area contributed by atoms with Gasteiger partial charge in [0.2, 0.25) is 0 Å². The Bertz CT molecular complexity index is 1510. The fraction of sp³-hybridized carbons (Fsp3) is 0.381. The molecule has 3 aromatic rings. The minimum atomic E-state index is -4.87. The number of fused-ring (bicyclic) bond motifs is 1. The monoisotopic (exact) mass is 605 g/mol. The van der Waals surface area contributed by atoms with E-state index in [-0.39, 0.29) is 22.1 Å². The summed E-state index contributed by atoms with van der Waals surface area (Å²) in [5.74, 6) is -1.85. The number of nitrogens with zero attached hydrogens (tertiary/aromatic N) is 4. The SMILES string of the molecule is C[C@@H](Nc1c(C#N)c(Cl)nc2c1cnn2[C@@H]1O[C@H](COP(=O)(O)CP(=O)(O)O)[C@@H](O)[C@H]1O)c1ccc(F)cc1. The molecule has 14 nitrogen and oxygen atoms in total. The average molecular weight is 606 g/mol. The van der Waals surface area contributed by atoms with Crippen LogP contribution in [0.3, 0.4) is 0 Å². The molecule has 1 saturated heterocycles. The van der Waals surface area contributed by atoms with Crippen molar-refractivity contribution >= 4 is 43.5 Å². The molecule has 0 aliphatic carbocycles. The van der Waals surface area contributed by atoms with Crippen molar-refractivity contribution in [1.29, 1.82) is 5.26 Å². The first kappa shape index (κ1) is 29.5. The maximum absolute atomic E-state index is 13.4. The quantitative estimate of drug-likeness (QED) is 0.152. The van der Waals surface area contributed by atoms with E-state index >= 15 is 0 Å². The van der Waals surface area contributed by atoms with E-state index in [9.17, 15) is 33.9 Å². The minimum Gasteiger partial charge on any atom is -0.387 e. The second kappa shape index (κ2) is 11.2. The fourth-order valence-electron chi connectivity index (χ4n) is 4.05. The molecule has 3 heterocycles. The second-order valence-corrected chi connectivity index (χ2v) is 13.1. The van der Waals surface area contributed by atoms with Gasteiger partial charge in [-0.2, -0.15) is 10.4 Å². The van der Waals surface area contributed by atoms with Crippen LogP contribution >= 0.6 is 26.8 Å². The Kier molecular flexibility index (Phi) is 8.47. The average Bonchev–Trinajstić information content (AvgIpc) is 3.37. The van der Waals surface area contributed by atoms with E-state index in [4.69, 9.17) is 30.6 Å². The van der Waals surface area contributed by atoms with E-state index in [0.717, 1.165) is 4.68 Å². The number of hydrogen-bond acceptors (Lipinski definition) is 10. The maximum atomic E-state index is 13.4. The third-order valence-corrected chi connectivity index (χ3v) is 9.65. The number of nitriles is 1. The lowest BCUT2D eigenvalue weighted by Gasteiger charge is -2.19. The first-order valence-corrected chi connectivity index (χ1v) is 15.2. The third-order valence-electron chi connectivity index (χ3n) is 5.92. The topological polar surface area (TPSA) is 220 Å². The normalized spacial score (nSPS) is 23.9. The van der Waals surface area contributed by atoms with Gasteiger partial charge < -0.3 is 39.5 Å². The molecule has 18 heteroatoms. The van der Waals surface area contributed by atoms with Crippen molar-refractivity contribution < 1.29 is 47.7 Å². The predicted molar refractivity (Wildman–Crippen MR) is 134 cm³/mol. The molecule has 0 radical (unpaired) electrons.